The first kappa shape index (κ1) is 40.8. The Balaban J connectivity index is 0.000000462. The Hall–Kier alpha value is -3.19. The molecule has 0 spiro atoms. The van der Waals surface area contributed by atoms with Gasteiger partial charge in [-0.15, -0.1) is 0 Å². The van der Waals surface area contributed by atoms with Crippen molar-refractivity contribution >= 4 is 22.3 Å². The molecule has 2 aromatic carbocycles. The SMILES string of the molecule is CC(C)(C)OC(=O)N[C@H](COCc1ccccc1)COS(C)(=O)=O.CCCC[C@H](COCc1ccccc1)NC(=O)OC(C)(C)C. The summed E-state index contributed by atoms with van der Waals surface area (Å²) in [6, 6.07) is 18.9. The van der Waals surface area contributed by atoms with Crippen molar-refractivity contribution in [3.05, 3.63) is 71.8 Å². The number of hydrogen-bond acceptors (Lipinski definition) is 9. The molecule has 0 aliphatic heterocycles. The van der Waals surface area contributed by atoms with Crippen molar-refractivity contribution in [1.82, 2.24) is 10.6 Å². The number of hydrogen-bond donors (Lipinski definition) is 2. The van der Waals surface area contributed by atoms with Gasteiger partial charge in [0, 0.05) is 0 Å². The quantitative estimate of drug-likeness (QED) is 0.196. The molecule has 0 saturated heterocycles. The molecule has 0 heterocycles. The van der Waals surface area contributed by atoms with Crippen molar-refractivity contribution in [1.29, 1.82) is 0 Å². The minimum Gasteiger partial charge on any atom is -0.444 e. The molecule has 2 rings (SSSR count). The summed E-state index contributed by atoms with van der Waals surface area (Å²) in [6.45, 7) is 14.2. The van der Waals surface area contributed by atoms with E-state index in [0.717, 1.165) is 36.6 Å². The number of ether oxygens (including phenoxy) is 4. The van der Waals surface area contributed by atoms with E-state index in [1.165, 1.54) is 0 Å². The molecule has 2 amide bonds. The fourth-order valence-electron chi connectivity index (χ4n) is 3.72. The lowest BCUT2D eigenvalue weighted by Crippen LogP contribution is -2.44. The van der Waals surface area contributed by atoms with Gasteiger partial charge in [0.15, 0.2) is 0 Å². The Morgan fingerprint density at radius 1 is 0.696 bits per heavy atom. The molecule has 2 atom stereocenters. The average Bonchev–Trinajstić information content (AvgIpc) is 2.93. The Kier molecular flexibility index (Phi) is 18.5. The number of carbonyl (C=O) groups is 2. The molecule has 0 aliphatic rings. The smallest absolute Gasteiger partial charge is 0.408 e. The number of unbranched alkanes of at least 4 members (excludes halogenated alkanes) is 1. The van der Waals surface area contributed by atoms with Crippen molar-refractivity contribution < 1.29 is 41.1 Å². The molecule has 2 N–H and O–H groups in total. The largest absolute Gasteiger partial charge is 0.444 e. The third-order valence-corrected chi connectivity index (χ3v) is 6.26. The van der Waals surface area contributed by atoms with Crippen LogP contribution in [0, 0.1) is 0 Å². The van der Waals surface area contributed by atoms with Crippen molar-refractivity contribution in [2.24, 2.45) is 0 Å². The molecule has 0 fully saturated rings. The fourth-order valence-corrected chi connectivity index (χ4v) is 4.13. The van der Waals surface area contributed by atoms with E-state index >= 15 is 0 Å². The lowest BCUT2D eigenvalue weighted by atomic mass is 10.1. The number of carbonyl (C=O) groups excluding carboxylic acids is 2. The summed E-state index contributed by atoms with van der Waals surface area (Å²) in [6.07, 6.45) is 2.94. The number of benzene rings is 2. The third-order valence-electron chi connectivity index (χ3n) is 5.69. The van der Waals surface area contributed by atoms with Crippen molar-refractivity contribution in [2.45, 2.75) is 104 Å². The van der Waals surface area contributed by atoms with Gasteiger partial charge in [0.2, 0.25) is 0 Å². The highest BCUT2D eigenvalue weighted by Gasteiger charge is 2.22. The van der Waals surface area contributed by atoms with E-state index in [4.69, 9.17) is 23.1 Å². The summed E-state index contributed by atoms with van der Waals surface area (Å²) in [7, 11) is -3.61. The number of nitrogens with one attached hydrogen (secondary N) is 2. The maximum absolute atomic E-state index is 11.9. The van der Waals surface area contributed by atoms with Crippen molar-refractivity contribution in [2.75, 3.05) is 26.1 Å². The van der Waals surface area contributed by atoms with Gasteiger partial charge >= 0.3 is 12.2 Å². The van der Waals surface area contributed by atoms with Gasteiger partial charge in [-0.1, -0.05) is 80.4 Å². The molecule has 11 nitrogen and oxygen atoms in total. The molecule has 46 heavy (non-hydrogen) atoms. The molecule has 260 valence electrons. The minimum absolute atomic E-state index is 0.0153. The van der Waals surface area contributed by atoms with Crippen LogP contribution in [-0.2, 0) is 46.5 Å². The molecule has 0 aliphatic carbocycles. The van der Waals surface area contributed by atoms with Gasteiger partial charge in [0.25, 0.3) is 10.1 Å². The van der Waals surface area contributed by atoms with Crippen LogP contribution >= 0.6 is 0 Å². The van der Waals surface area contributed by atoms with Gasteiger partial charge in [0.1, 0.15) is 11.2 Å². The van der Waals surface area contributed by atoms with E-state index in [0.29, 0.717) is 19.8 Å². The zero-order valence-electron chi connectivity index (χ0n) is 28.7. The number of rotatable bonds is 16. The molecule has 0 radical (unpaired) electrons. The summed E-state index contributed by atoms with van der Waals surface area (Å²) in [5.41, 5.74) is 0.966. The highest BCUT2D eigenvalue weighted by Crippen LogP contribution is 2.10. The normalized spacial score (nSPS) is 13.0. The number of alkyl carbamates (subject to hydrolysis) is 2. The van der Waals surface area contributed by atoms with Gasteiger partial charge in [-0.05, 0) is 59.1 Å². The predicted molar refractivity (Wildman–Crippen MR) is 179 cm³/mol. The van der Waals surface area contributed by atoms with Gasteiger partial charge < -0.3 is 29.6 Å². The highest BCUT2D eigenvalue weighted by atomic mass is 32.2. The first-order valence-electron chi connectivity index (χ1n) is 15.5. The van der Waals surface area contributed by atoms with E-state index in [2.05, 4.69) is 17.6 Å². The van der Waals surface area contributed by atoms with Gasteiger partial charge in [-0.3, -0.25) is 4.18 Å². The maximum atomic E-state index is 11.9. The van der Waals surface area contributed by atoms with Crippen LogP contribution in [0.1, 0.15) is 78.9 Å². The van der Waals surface area contributed by atoms with Crippen molar-refractivity contribution in [3.63, 3.8) is 0 Å². The first-order valence-corrected chi connectivity index (χ1v) is 17.3. The Morgan fingerprint density at radius 2 is 1.11 bits per heavy atom. The van der Waals surface area contributed by atoms with E-state index in [9.17, 15) is 18.0 Å². The summed E-state index contributed by atoms with van der Waals surface area (Å²) < 4.78 is 48.8. The van der Waals surface area contributed by atoms with Crippen LogP contribution in [0.25, 0.3) is 0 Å². The van der Waals surface area contributed by atoms with Crippen LogP contribution in [0.2, 0.25) is 0 Å². The molecule has 0 unspecified atom stereocenters. The Labute approximate surface area is 275 Å². The Morgan fingerprint density at radius 3 is 1.50 bits per heavy atom. The average molecular weight is 667 g/mol. The van der Waals surface area contributed by atoms with E-state index < -0.39 is 33.5 Å². The molecule has 0 saturated carbocycles. The summed E-state index contributed by atoms with van der Waals surface area (Å²) in [4.78, 5) is 23.7. The fraction of sp³-hybridized carbons (Fsp3) is 0.588. The van der Waals surface area contributed by atoms with Gasteiger partial charge in [0.05, 0.1) is 51.4 Å². The zero-order valence-corrected chi connectivity index (χ0v) is 29.5. The van der Waals surface area contributed by atoms with E-state index in [-0.39, 0.29) is 25.3 Å². The van der Waals surface area contributed by atoms with Gasteiger partial charge in [-0.25, -0.2) is 9.59 Å². The maximum Gasteiger partial charge on any atom is 0.408 e. The predicted octanol–water partition coefficient (Wildman–Crippen LogP) is 6.36. The topological polar surface area (TPSA) is 138 Å². The summed E-state index contributed by atoms with van der Waals surface area (Å²) in [5, 5.41) is 5.47. The second kappa shape index (κ2) is 20.8. The van der Waals surface area contributed by atoms with Crippen LogP contribution in [0.5, 0.6) is 0 Å². The second-order valence-electron chi connectivity index (χ2n) is 12.8. The lowest BCUT2D eigenvalue weighted by molar-refractivity contribution is 0.0383. The minimum atomic E-state index is -3.61. The van der Waals surface area contributed by atoms with Crippen LogP contribution < -0.4 is 10.6 Å². The summed E-state index contributed by atoms with van der Waals surface area (Å²) in [5.74, 6) is 0. The first-order chi connectivity index (χ1) is 21.5. The highest BCUT2D eigenvalue weighted by molar-refractivity contribution is 7.85. The van der Waals surface area contributed by atoms with Crippen molar-refractivity contribution in [3.8, 4) is 0 Å². The molecule has 12 heteroatoms. The lowest BCUT2D eigenvalue weighted by Gasteiger charge is -2.23. The van der Waals surface area contributed by atoms with E-state index in [1.54, 1.807) is 20.8 Å². The number of amides is 2. The second-order valence-corrected chi connectivity index (χ2v) is 14.5. The molecule has 0 aromatic heterocycles. The van der Waals surface area contributed by atoms with Crippen LogP contribution in [0.4, 0.5) is 9.59 Å². The van der Waals surface area contributed by atoms with Crippen LogP contribution in [0.3, 0.4) is 0 Å². The standard InChI is InChI=1S/C18H29NO3.C16H25NO6S/c1-5-6-12-16(19-17(20)22-18(2,3)4)14-21-13-15-10-8-7-9-11-15;1-16(2,3)23-15(18)17-14(12-22-24(4,19)20)11-21-10-13-8-6-5-7-9-13/h7-11,16H,5-6,12-14H2,1-4H3,(H,19,20);5-9,14H,10-12H2,1-4H3,(H,17,18)/t16-;14-/m11/s1. The monoisotopic (exact) mass is 666 g/mol. The van der Waals surface area contributed by atoms with Crippen LogP contribution in [0.15, 0.2) is 60.7 Å². The zero-order chi connectivity index (χ0) is 34.6. The van der Waals surface area contributed by atoms with Gasteiger partial charge in [-0.2, -0.15) is 8.42 Å². The molecular formula is C34H54N2O9S. The molecular weight excluding hydrogens is 612 g/mol. The third kappa shape index (κ3) is 23.2. The molecule has 0 bridgehead atoms. The summed E-state index contributed by atoms with van der Waals surface area (Å²) >= 11 is 0. The van der Waals surface area contributed by atoms with E-state index in [1.807, 2.05) is 81.4 Å². The van der Waals surface area contributed by atoms with Crippen LogP contribution in [-0.4, -0.2) is 70.0 Å². The molecule has 2 aromatic rings. The Bertz CT molecular complexity index is 1230.